The summed E-state index contributed by atoms with van der Waals surface area (Å²) in [5.41, 5.74) is 3.30. The van der Waals surface area contributed by atoms with E-state index < -0.39 is 22.1 Å². The van der Waals surface area contributed by atoms with Crippen LogP contribution in [0.2, 0.25) is 0 Å². The van der Waals surface area contributed by atoms with Crippen molar-refractivity contribution < 1.29 is 17.9 Å². The lowest BCUT2D eigenvalue weighted by molar-refractivity contribution is -0.125. The number of hydrogen-bond acceptors (Lipinski definition) is 4. The van der Waals surface area contributed by atoms with Crippen molar-refractivity contribution in [2.24, 2.45) is 0 Å². The van der Waals surface area contributed by atoms with Gasteiger partial charge >= 0.3 is 0 Å². The normalized spacial score (nSPS) is 12.3. The van der Waals surface area contributed by atoms with E-state index in [9.17, 15) is 13.2 Å². The van der Waals surface area contributed by atoms with Crippen molar-refractivity contribution in [1.82, 2.24) is 9.62 Å². The molecular formula is C31H32N2O4S. The molecule has 0 bridgehead atoms. The first-order chi connectivity index (χ1) is 18.4. The van der Waals surface area contributed by atoms with Crippen LogP contribution in [0.3, 0.4) is 0 Å². The first-order valence-corrected chi connectivity index (χ1v) is 14.0. The first kappa shape index (κ1) is 27.1. The third-order valence-corrected chi connectivity index (χ3v) is 8.34. The zero-order valence-electron chi connectivity index (χ0n) is 21.5. The maximum absolute atomic E-state index is 13.9. The minimum absolute atomic E-state index is 0.197. The minimum Gasteiger partial charge on any atom is -0.497 e. The molecule has 0 spiro atoms. The van der Waals surface area contributed by atoms with Gasteiger partial charge in [0.15, 0.2) is 0 Å². The van der Waals surface area contributed by atoms with E-state index >= 15 is 0 Å². The molecule has 1 unspecified atom stereocenters. The Bertz CT molecular complexity index is 1370. The van der Waals surface area contributed by atoms with Gasteiger partial charge in [0, 0.05) is 7.05 Å². The summed E-state index contributed by atoms with van der Waals surface area (Å²) < 4.78 is 33.4. The molecule has 1 amide bonds. The van der Waals surface area contributed by atoms with Crippen molar-refractivity contribution in [1.29, 1.82) is 0 Å². The number of amides is 1. The number of carbonyl (C=O) groups excluding carboxylic acids is 1. The molecule has 1 N–H and O–H groups in total. The third kappa shape index (κ3) is 6.88. The highest BCUT2D eigenvalue weighted by Crippen LogP contribution is 2.24. The summed E-state index contributed by atoms with van der Waals surface area (Å²) in [5, 5.41) is 3.14. The lowest BCUT2D eigenvalue weighted by Gasteiger charge is -2.29. The topological polar surface area (TPSA) is 75.7 Å². The second kappa shape index (κ2) is 12.5. The number of likely N-dealkylation sites (N-methyl/N-ethyl adjacent to an activating group) is 1. The van der Waals surface area contributed by atoms with Crippen molar-refractivity contribution in [2.75, 3.05) is 14.2 Å². The second-order valence-electron chi connectivity index (χ2n) is 9.09. The quantitative estimate of drug-likeness (QED) is 0.298. The molecule has 0 aliphatic heterocycles. The molecule has 4 aromatic rings. The second-order valence-corrected chi connectivity index (χ2v) is 11.1. The summed E-state index contributed by atoms with van der Waals surface area (Å²) in [7, 11) is -0.744. The Morgan fingerprint density at radius 3 is 1.76 bits per heavy atom. The van der Waals surface area contributed by atoms with Gasteiger partial charge in [-0.05, 0) is 40.8 Å². The van der Waals surface area contributed by atoms with Crippen LogP contribution in [-0.2, 0) is 27.0 Å². The Hall–Kier alpha value is -3.94. The van der Waals surface area contributed by atoms with Gasteiger partial charge in [0.25, 0.3) is 0 Å². The van der Waals surface area contributed by atoms with Crippen LogP contribution < -0.4 is 10.1 Å². The molecule has 0 radical (unpaired) electrons. The summed E-state index contributed by atoms with van der Waals surface area (Å²) in [5.74, 6) is 0.114. The Morgan fingerprint density at radius 2 is 1.26 bits per heavy atom. The van der Waals surface area contributed by atoms with E-state index in [2.05, 4.69) is 5.32 Å². The maximum Gasteiger partial charge on any atom is 0.239 e. The summed E-state index contributed by atoms with van der Waals surface area (Å²) in [6.07, 6.45) is 0.205. The fourth-order valence-corrected chi connectivity index (χ4v) is 5.72. The van der Waals surface area contributed by atoms with Crippen LogP contribution in [-0.4, -0.2) is 38.8 Å². The van der Waals surface area contributed by atoms with Gasteiger partial charge < -0.3 is 10.1 Å². The number of hydrogen-bond donors (Lipinski definition) is 1. The number of carbonyl (C=O) groups is 1. The standard InChI is InChI=1S/C31H32N2O4S/c1-33(38(35,36)23-25-12-6-3-7-13-25)29(22-24-18-20-28(37-2)21-19-24)31(34)32-30(26-14-8-4-9-15-26)27-16-10-5-11-17-27/h3-21,29-30H,22-23H2,1-2H3,(H,32,34). The molecule has 0 saturated heterocycles. The van der Waals surface area contributed by atoms with Gasteiger partial charge in [0.2, 0.25) is 15.9 Å². The van der Waals surface area contributed by atoms with Gasteiger partial charge in [-0.15, -0.1) is 0 Å². The molecule has 0 fully saturated rings. The van der Waals surface area contributed by atoms with E-state index in [-0.39, 0.29) is 18.1 Å². The van der Waals surface area contributed by atoms with Crippen molar-refractivity contribution in [2.45, 2.75) is 24.3 Å². The number of rotatable bonds is 11. The first-order valence-electron chi connectivity index (χ1n) is 12.4. The highest BCUT2D eigenvalue weighted by Gasteiger charge is 2.33. The molecule has 4 rings (SSSR count). The minimum atomic E-state index is -3.81. The number of nitrogens with one attached hydrogen (secondary N) is 1. The van der Waals surface area contributed by atoms with E-state index in [1.165, 1.54) is 11.4 Å². The Kier molecular flexibility index (Phi) is 8.94. The molecule has 6 nitrogen and oxygen atoms in total. The molecule has 0 heterocycles. The van der Waals surface area contributed by atoms with Crippen molar-refractivity contribution in [3.63, 3.8) is 0 Å². The smallest absolute Gasteiger partial charge is 0.239 e. The number of ether oxygens (including phenoxy) is 1. The highest BCUT2D eigenvalue weighted by molar-refractivity contribution is 7.88. The van der Waals surface area contributed by atoms with E-state index in [0.717, 1.165) is 16.7 Å². The third-order valence-electron chi connectivity index (χ3n) is 6.51. The monoisotopic (exact) mass is 528 g/mol. The molecule has 196 valence electrons. The van der Waals surface area contributed by atoms with E-state index in [1.54, 1.807) is 43.5 Å². The van der Waals surface area contributed by atoms with Gasteiger partial charge in [-0.3, -0.25) is 4.79 Å². The number of nitrogens with zero attached hydrogens (tertiary/aromatic N) is 1. The van der Waals surface area contributed by atoms with Gasteiger partial charge in [0.05, 0.1) is 18.9 Å². The summed E-state index contributed by atoms with van der Waals surface area (Å²) in [6, 6.07) is 34.2. The number of methoxy groups -OCH3 is 1. The highest BCUT2D eigenvalue weighted by atomic mass is 32.2. The van der Waals surface area contributed by atoms with E-state index in [1.807, 2.05) is 78.9 Å². The average molecular weight is 529 g/mol. The number of sulfonamides is 1. The lowest BCUT2D eigenvalue weighted by atomic mass is 9.97. The molecule has 1 atom stereocenters. The van der Waals surface area contributed by atoms with Crippen LogP contribution in [0.25, 0.3) is 0 Å². The lowest BCUT2D eigenvalue weighted by Crippen LogP contribution is -2.50. The zero-order chi connectivity index (χ0) is 27.0. The predicted molar refractivity (Wildman–Crippen MR) is 150 cm³/mol. The van der Waals surface area contributed by atoms with Crippen LogP contribution >= 0.6 is 0 Å². The molecule has 0 saturated carbocycles. The average Bonchev–Trinajstić information content (AvgIpc) is 2.95. The summed E-state index contributed by atoms with van der Waals surface area (Å²) in [4.78, 5) is 13.9. The van der Waals surface area contributed by atoms with Gasteiger partial charge in [-0.1, -0.05) is 103 Å². The molecule has 0 aliphatic carbocycles. The van der Waals surface area contributed by atoms with Crippen molar-refractivity contribution in [3.8, 4) is 5.75 Å². The zero-order valence-corrected chi connectivity index (χ0v) is 22.3. The Labute approximate surface area is 225 Å². The summed E-state index contributed by atoms with van der Waals surface area (Å²) in [6.45, 7) is 0. The predicted octanol–water partition coefficient (Wildman–Crippen LogP) is 4.97. The van der Waals surface area contributed by atoms with Crippen LogP contribution in [0, 0.1) is 0 Å². The SMILES string of the molecule is COc1ccc(CC(C(=O)NC(c2ccccc2)c2ccccc2)N(C)S(=O)(=O)Cc2ccccc2)cc1. The fourth-order valence-electron chi connectivity index (χ4n) is 4.34. The molecule has 0 aromatic heterocycles. The van der Waals surface area contributed by atoms with Crippen LogP contribution in [0.5, 0.6) is 5.75 Å². The van der Waals surface area contributed by atoms with Crippen LogP contribution in [0.1, 0.15) is 28.3 Å². The molecule has 0 aliphatic rings. The molecule has 38 heavy (non-hydrogen) atoms. The van der Waals surface area contributed by atoms with Gasteiger partial charge in [0.1, 0.15) is 11.8 Å². The fraction of sp³-hybridized carbons (Fsp3) is 0.194. The van der Waals surface area contributed by atoms with Crippen molar-refractivity contribution in [3.05, 3.63) is 138 Å². The Balaban J connectivity index is 1.66. The van der Waals surface area contributed by atoms with Crippen molar-refractivity contribution >= 4 is 15.9 Å². The van der Waals surface area contributed by atoms with Gasteiger partial charge in [-0.2, -0.15) is 4.31 Å². The van der Waals surface area contributed by atoms with Crippen LogP contribution in [0.4, 0.5) is 0 Å². The largest absolute Gasteiger partial charge is 0.497 e. The maximum atomic E-state index is 13.9. The van der Waals surface area contributed by atoms with E-state index in [0.29, 0.717) is 11.3 Å². The summed E-state index contributed by atoms with van der Waals surface area (Å²) >= 11 is 0. The molecule has 7 heteroatoms. The van der Waals surface area contributed by atoms with Crippen LogP contribution in [0.15, 0.2) is 115 Å². The van der Waals surface area contributed by atoms with Gasteiger partial charge in [-0.25, -0.2) is 8.42 Å². The van der Waals surface area contributed by atoms with E-state index in [4.69, 9.17) is 4.74 Å². The Morgan fingerprint density at radius 1 is 0.763 bits per heavy atom. The molecular weight excluding hydrogens is 496 g/mol. The molecule has 4 aromatic carbocycles. The number of benzene rings is 4.